The number of nitrogens with zero attached hydrogens (tertiary/aromatic N) is 3. The van der Waals surface area contributed by atoms with Crippen molar-refractivity contribution in [2.24, 2.45) is 0 Å². The molecule has 2 N–H and O–H groups in total. The summed E-state index contributed by atoms with van der Waals surface area (Å²) >= 11 is 0. The number of carbonyl (C=O) groups excluding carboxylic acids is 1. The van der Waals surface area contributed by atoms with Gasteiger partial charge in [0.15, 0.2) is 6.61 Å². The molecule has 0 aliphatic carbocycles. The van der Waals surface area contributed by atoms with Crippen LogP contribution in [0.1, 0.15) is 10.4 Å². The zero-order chi connectivity index (χ0) is 12.3. The summed E-state index contributed by atoms with van der Waals surface area (Å²) in [5.41, 5.74) is 2.76. The largest absolute Gasteiger partial charge is 0.479 e. The quantitative estimate of drug-likeness (QED) is 0.691. The Morgan fingerprint density at radius 3 is 3.06 bits per heavy atom. The third-order valence-electron chi connectivity index (χ3n) is 1.93. The maximum absolute atomic E-state index is 11.6. The van der Waals surface area contributed by atoms with E-state index in [9.17, 15) is 9.59 Å². The number of carboxylic acid groups (broad SMARTS) is 1. The second-order valence-corrected chi connectivity index (χ2v) is 3.08. The summed E-state index contributed by atoms with van der Waals surface area (Å²) in [6, 6.07) is 0. The normalized spacial score (nSPS) is 10.4. The lowest BCUT2D eigenvalue weighted by molar-refractivity contribution is -0.144. The molecule has 0 unspecified atom stereocenters. The molecule has 8 heteroatoms. The minimum Gasteiger partial charge on any atom is -0.479 e. The summed E-state index contributed by atoms with van der Waals surface area (Å²) in [4.78, 5) is 30.1. The molecule has 0 aliphatic rings. The molecule has 2 aromatic rings. The lowest BCUT2D eigenvalue weighted by atomic mass is 10.3. The molecule has 2 rings (SSSR count). The van der Waals surface area contributed by atoms with Gasteiger partial charge in [0.25, 0.3) is 5.91 Å². The van der Waals surface area contributed by atoms with Gasteiger partial charge in [-0.1, -0.05) is 0 Å². The fourth-order valence-electron chi connectivity index (χ4n) is 1.23. The van der Waals surface area contributed by atoms with E-state index in [4.69, 9.17) is 5.11 Å². The first-order valence-electron chi connectivity index (χ1n) is 4.60. The van der Waals surface area contributed by atoms with Crippen LogP contribution in [0.25, 0.3) is 5.52 Å². The van der Waals surface area contributed by atoms with Gasteiger partial charge < -0.3 is 5.11 Å². The first-order valence-corrected chi connectivity index (χ1v) is 4.60. The summed E-state index contributed by atoms with van der Waals surface area (Å²) in [5.74, 6) is -1.75. The highest BCUT2D eigenvalue weighted by atomic mass is 16.7. The van der Waals surface area contributed by atoms with Crippen molar-refractivity contribution in [3.8, 4) is 0 Å². The van der Waals surface area contributed by atoms with Crippen molar-refractivity contribution in [2.75, 3.05) is 6.61 Å². The van der Waals surface area contributed by atoms with Crippen molar-refractivity contribution in [3.05, 3.63) is 30.4 Å². The molecular weight excluding hydrogens is 228 g/mol. The van der Waals surface area contributed by atoms with Crippen LogP contribution in [0.5, 0.6) is 0 Å². The molecule has 0 saturated heterocycles. The maximum Gasteiger partial charge on any atom is 0.332 e. The Hall–Kier alpha value is -2.48. The lowest BCUT2D eigenvalue weighted by Gasteiger charge is -2.01. The van der Waals surface area contributed by atoms with Crippen molar-refractivity contribution in [3.63, 3.8) is 0 Å². The average molecular weight is 236 g/mol. The van der Waals surface area contributed by atoms with Crippen LogP contribution in [-0.4, -0.2) is 38.2 Å². The van der Waals surface area contributed by atoms with Crippen LogP contribution >= 0.6 is 0 Å². The Morgan fingerprint density at radius 2 is 2.29 bits per heavy atom. The van der Waals surface area contributed by atoms with E-state index in [1.165, 1.54) is 23.1 Å². The van der Waals surface area contributed by atoms with Crippen molar-refractivity contribution < 1.29 is 19.5 Å². The van der Waals surface area contributed by atoms with Gasteiger partial charge in [-0.2, -0.15) is 5.10 Å². The fraction of sp³-hybridized carbons (Fsp3) is 0.111. The van der Waals surface area contributed by atoms with E-state index < -0.39 is 18.5 Å². The average Bonchev–Trinajstić information content (AvgIpc) is 2.72. The number of hydrogen-bond acceptors (Lipinski definition) is 5. The van der Waals surface area contributed by atoms with Gasteiger partial charge in [-0.3, -0.25) is 14.6 Å². The molecule has 8 nitrogen and oxygen atoms in total. The molecule has 0 aromatic carbocycles. The SMILES string of the molecule is O=C(O)CONC(=O)c1cnn2ccncc12. The smallest absolute Gasteiger partial charge is 0.332 e. The van der Waals surface area contributed by atoms with Crippen LogP contribution in [0, 0.1) is 0 Å². The molecule has 17 heavy (non-hydrogen) atoms. The topological polar surface area (TPSA) is 106 Å². The molecular formula is C9H8N4O4. The minimum absolute atomic E-state index is 0.253. The molecule has 0 atom stereocenters. The van der Waals surface area contributed by atoms with Crippen LogP contribution in [0.3, 0.4) is 0 Å². The summed E-state index contributed by atoms with van der Waals surface area (Å²) in [7, 11) is 0. The summed E-state index contributed by atoms with van der Waals surface area (Å²) < 4.78 is 1.47. The minimum atomic E-state index is -1.17. The second-order valence-electron chi connectivity index (χ2n) is 3.08. The van der Waals surface area contributed by atoms with E-state index >= 15 is 0 Å². The van der Waals surface area contributed by atoms with Crippen molar-refractivity contribution in [2.45, 2.75) is 0 Å². The van der Waals surface area contributed by atoms with Gasteiger partial charge in [0.1, 0.15) is 0 Å². The van der Waals surface area contributed by atoms with E-state index in [-0.39, 0.29) is 5.56 Å². The molecule has 0 fully saturated rings. The molecule has 2 aromatic heterocycles. The number of carbonyl (C=O) groups is 2. The first-order chi connectivity index (χ1) is 8.18. The number of fused-ring (bicyclic) bond motifs is 1. The highest BCUT2D eigenvalue weighted by Gasteiger charge is 2.12. The van der Waals surface area contributed by atoms with Crippen LogP contribution in [0.15, 0.2) is 24.8 Å². The lowest BCUT2D eigenvalue weighted by Crippen LogP contribution is -2.26. The summed E-state index contributed by atoms with van der Waals surface area (Å²) in [6.45, 7) is -0.608. The number of hydroxylamine groups is 1. The Morgan fingerprint density at radius 1 is 1.47 bits per heavy atom. The zero-order valence-electron chi connectivity index (χ0n) is 8.53. The number of hydrogen-bond donors (Lipinski definition) is 2. The monoisotopic (exact) mass is 236 g/mol. The Labute approximate surface area is 94.8 Å². The number of rotatable bonds is 4. The number of carboxylic acids is 1. The number of amides is 1. The van der Waals surface area contributed by atoms with Crippen LogP contribution < -0.4 is 5.48 Å². The standard InChI is InChI=1S/C9H8N4O4/c14-8(15)5-17-12-9(16)6-3-11-13-2-1-10-4-7(6)13/h1-4H,5H2,(H,12,16)(H,14,15). The summed E-state index contributed by atoms with van der Waals surface area (Å²) in [6.07, 6.45) is 5.93. The number of nitrogens with one attached hydrogen (secondary N) is 1. The van der Waals surface area contributed by atoms with E-state index in [1.807, 2.05) is 5.48 Å². The van der Waals surface area contributed by atoms with Crippen LogP contribution in [0.2, 0.25) is 0 Å². The molecule has 0 radical (unpaired) electrons. The molecule has 0 spiro atoms. The molecule has 88 valence electrons. The van der Waals surface area contributed by atoms with Crippen molar-refractivity contribution in [1.29, 1.82) is 0 Å². The van der Waals surface area contributed by atoms with E-state index in [0.29, 0.717) is 5.52 Å². The van der Waals surface area contributed by atoms with Crippen molar-refractivity contribution >= 4 is 17.4 Å². The molecule has 0 bridgehead atoms. The van der Waals surface area contributed by atoms with Gasteiger partial charge in [0.2, 0.25) is 0 Å². The maximum atomic E-state index is 11.6. The van der Waals surface area contributed by atoms with Crippen LogP contribution in [0.4, 0.5) is 0 Å². The van der Waals surface area contributed by atoms with Gasteiger partial charge >= 0.3 is 5.97 Å². The van der Waals surface area contributed by atoms with Gasteiger partial charge in [-0.15, -0.1) is 0 Å². The molecule has 1 amide bonds. The van der Waals surface area contributed by atoms with Gasteiger partial charge in [0, 0.05) is 12.4 Å². The first kappa shape index (κ1) is 11.0. The molecule has 0 saturated carbocycles. The van der Waals surface area contributed by atoms with Crippen molar-refractivity contribution in [1.82, 2.24) is 20.1 Å². The number of aromatic nitrogens is 3. The van der Waals surface area contributed by atoms with E-state index in [1.54, 1.807) is 6.20 Å². The van der Waals surface area contributed by atoms with Gasteiger partial charge in [-0.25, -0.2) is 14.8 Å². The third-order valence-corrected chi connectivity index (χ3v) is 1.93. The van der Waals surface area contributed by atoms with Gasteiger partial charge in [0.05, 0.1) is 23.5 Å². The van der Waals surface area contributed by atoms with Crippen LogP contribution in [-0.2, 0) is 9.63 Å². The third kappa shape index (κ3) is 2.37. The Kier molecular flexibility index (Phi) is 2.97. The zero-order valence-corrected chi connectivity index (χ0v) is 8.53. The Balaban J connectivity index is 2.11. The predicted octanol–water partition coefficient (Wildman–Crippen LogP) is -0.525. The predicted molar refractivity (Wildman–Crippen MR) is 54.0 cm³/mol. The fourth-order valence-corrected chi connectivity index (χ4v) is 1.23. The second kappa shape index (κ2) is 4.58. The highest BCUT2D eigenvalue weighted by Crippen LogP contribution is 2.07. The summed E-state index contributed by atoms with van der Waals surface area (Å²) in [5, 5.41) is 12.3. The van der Waals surface area contributed by atoms with E-state index in [0.717, 1.165) is 0 Å². The van der Waals surface area contributed by atoms with E-state index in [2.05, 4.69) is 14.9 Å². The molecule has 2 heterocycles. The highest BCUT2D eigenvalue weighted by molar-refractivity contribution is 5.99. The van der Waals surface area contributed by atoms with Gasteiger partial charge in [-0.05, 0) is 0 Å². The number of aliphatic carboxylic acids is 1. The Bertz CT molecular complexity index is 565. The molecule has 0 aliphatic heterocycles.